The number of benzene rings is 1. The molecule has 1 aromatic carbocycles. The number of carbonyl (C=O) groups excluding carboxylic acids is 1. The van der Waals surface area contributed by atoms with Crippen molar-refractivity contribution in [2.75, 3.05) is 16.8 Å². The first kappa shape index (κ1) is 21.8. The lowest BCUT2D eigenvalue weighted by Gasteiger charge is -2.22. The topological polar surface area (TPSA) is 145 Å². The van der Waals surface area contributed by atoms with E-state index in [4.69, 9.17) is 9.26 Å². The monoisotopic (exact) mass is 476 g/mol. The lowest BCUT2D eigenvalue weighted by Crippen LogP contribution is -2.41. The molecule has 2 aliphatic rings. The molecule has 0 aliphatic carbocycles. The highest BCUT2D eigenvalue weighted by Crippen LogP contribution is 2.42. The minimum absolute atomic E-state index is 0.0436. The molecule has 4 heterocycles. The second-order valence-corrected chi connectivity index (χ2v) is 7.64. The first-order valence-electron chi connectivity index (χ1n) is 10.2. The van der Waals surface area contributed by atoms with Crippen LogP contribution in [0.4, 0.5) is 25.3 Å². The van der Waals surface area contributed by atoms with Crippen LogP contribution in [0.25, 0.3) is 11.4 Å². The van der Waals surface area contributed by atoms with E-state index < -0.39 is 30.6 Å². The number of nitrogens with zero attached hydrogens (tertiary/aromatic N) is 5. The second-order valence-electron chi connectivity index (χ2n) is 7.64. The number of ether oxygens (including phenoxy) is 3. The molecule has 3 aromatic rings. The van der Waals surface area contributed by atoms with Crippen LogP contribution in [0.1, 0.15) is 25.8 Å². The number of aliphatic hydroxyl groups is 1. The second kappa shape index (κ2) is 8.06. The fourth-order valence-electron chi connectivity index (χ4n) is 3.48. The lowest BCUT2D eigenvalue weighted by molar-refractivity contribution is -0.286. The van der Waals surface area contributed by atoms with Gasteiger partial charge in [0.05, 0.1) is 6.10 Å². The van der Waals surface area contributed by atoms with E-state index in [0.717, 1.165) is 0 Å². The van der Waals surface area contributed by atoms with Crippen molar-refractivity contribution >= 4 is 17.9 Å². The van der Waals surface area contributed by atoms with E-state index in [1.807, 2.05) is 0 Å². The summed E-state index contributed by atoms with van der Waals surface area (Å²) in [6, 6.07) is 4.54. The highest BCUT2D eigenvalue weighted by Gasteiger charge is 2.43. The van der Waals surface area contributed by atoms with Gasteiger partial charge in [-0.1, -0.05) is 5.16 Å². The van der Waals surface area contributed by atoms with Crippen molar-refractivity contribution in [2.24, 2.45) is 0 Å². The SMILES string of the molecule is CC(Nc1nccc(N2C(=O)OCC2[C@@H](C)O)n1)c1nc(-c2ccc3c(c2)OC(F)(F)O3)no1. The summed E-state index contributed by atoms with van der Waals surface area (Å²) >= 11 is 0. The zero-order chi connectivity index (χ0) is 24.0. The Morgan fingerprint density at radius 3 is 2.79 bits per heavy atom. The fourth-order valence-corrected chi connectivity index (χ4v) is 3.48. The van der Waals surface area contributed by atoms with Crippen molar-refractivity contribution in [1.29, 1.82) is 0 Å². The molecule has 2 aliphatic heterocycles. The highest BCUT2D eigenvalue weighted by atomic mass is 19.3. The molecule has 14 heteroatoms. The van der Waals surface area contributed by atoms with E-state index in [0.29, 0.717) is 5.56 Å². The Hall–Kier alpha value is -4.07. The smallest absolute Gasteiger partial charge is 0.447 e. The molecule has 5 rings (SSSR count). The number of hydrogen-bond donors (Lipinski definition) is 2. The van der Waals surface area contributed by atoms with Crippen LogP contribution in [0.5, 0.6) is 11.5 Å². The summed E-state index contributed by atoms with van der Waals surface area (Å²) in [4.78, 5) is 26.1. The summed E-state index contributed by atoms with van der Waals surface area (Å²) < 4.78 is 45.6. The minimum atomic E-state index is -3.72. The zero-order valence-electron chi connectivity index (χ0n) is 17.8. The van der Waals surface area contributed by atoms with Gasteiger partial charge in [-0.3, -0.25) is 4.90 Å². The van der Waals surface area contributed by atoms with Gasteiger partial charge in [0.15, 0.2) is 11.5 Å². The largest absolute Gasteiger partial charge is 0.586 e. The van der Waals surface area contributed by atoms with E-state index in [1.165, 1.54) is 35.4 Å². The summed E-state index contributed by atoms with van der Waals surface area (Å²) in [6.45, 7) is 3.32. The summed E-state index contributed by atoms with van der Waals surface area (Å²) in [5, 5.41) is 16.8. The van der Waals surface area contributed by atoms with E-state index in [2.05, 4.69) is 34.9 Å². The molecule has 2 aromatic heterocycles. The summed E-state index contributed by atoms with van der Waals surface area (Å²) in [5.41, 5.74) is 0.386. The van der Waals surface area contributed by atoms with Crippen molar-refractivity contribution in [3.8, 4) is 22.9 Å². The molecule has 0 saturated carbocycles. The molecule has 178 valence electrons. The third kappa shape index (κ3) is 4.03. The number of halogens is 2. The molecule has 0 bridgehead atoms. The standard InChI is InChI=1S/C20H18F2N6O6/c1-9(24-18-23-6-5-15(25-18)28-12(10(2)29)8-31-19(28)30)17-26-16(27-34-17)11-3-4-13-14(7-11)33-20(21,22)32-13/h3-7,9-10,12,29H,8H2,1-2H3,(H,23,24,25)/t9?,10-,12?/m1/s1. The zero-order valence-corrected chi connectivity index (χ0v) is 17.8. The van der Waals surface area contributed by atoms with Crippen molar-refractivity contribution in [2.45, 2.75) is 38.3 Å². The van der Waals surface area contributed by atoms with Gasteiger partial charge in [0.25, 0.3) is 0 Å². The number of aliphatic hydroxyl groups excluding tert-OH is 1. The number of amides is 1. The van der Waals surface area contributed by atoms with Crippen LogP contribution in [-0.4, -0.2) is 56.4 Å². The first-order chi connectivity index (χ1) is 16.2. The number of aromatic nitrogens is 4. The van der Waals surface area contributed by atoms with Crippen LogP contribution in [0.3, 0.4) is 0 Å². The molecule has 2 unspecified atom stereocenters. The average Bonchev–Trinajstić information content (AvgIpc) is 3.48. The molecular formula is C20H18F2N6O6. The molecule has 1 saturated heterocycles. The van der Waals surface area contributed by atoms with Crippen LogP contribution in [0, 0.1) is 0 Å². The Balaban J connectivity index is 1.32. The quantitative estimate of drug-likeness (QED) is 0.542. The van der Waals surface area contributed by atoms with Gasteiger partial charge in [-0.15, -0.1) is 8.78 Å². The maximum atomic E-state index is 13.2. The molecule has 12 nitrogen and oxygen atoms in total. The van der Waals surface area contributed by atoms with Gasteiger partial charge in [0, 0.05) is 11.8 Å². The molecule has 3 atom stereocenters. The van der Waals surface area contributed by atoms with Crippen molar-refractivity contribution in [1.82, 2.24) is 20.1 Å². The molecule has 1 fully saturated rings. The fraction of sp³-hybridized carbons (Fsp3) is 0.350. The summed E-state index contributed by atoms with van der Waals surface area (Å²) in [5.74, 6) is 0.514. The predicted octanol–water partition coefficient (Wildman–Crippen LogP) is 2.73. The van der Waals surface area contributed by atoms with Crippen LogP contribution < -0.4 is 19.7 Å². The first-order valence-corrected chi connectivity index (χ1v) is 10.2. The van der Waals surface area contributed by atoms with E-state index in [1.54, 1.807) is 13.8 Å². The van der Waals surface area contributed by atoms with Crippen molar-refractivity contribution < 1.29 is 37.4 Å². The Morgan fingerprint density at radius 2 is 2.00 bits per heavy atom. The number of nitrogens with one attached hydrogen (secondary N) is 1. The third-order valence-electron chi connectivity index (χ3n) is 5.17. The number of hydrogen-bond acceptors (Lipinski definition) is 11. The minimum Gasteiger partial charge on any atom is -0.447 e. The van der Waals surface area contributed by atoms with Gasteiger partial charge in [0.1, 0.15) is 24.5 Å². The van der Waals surface area contributed by atoms with Crippen molar-refractivity contribution in [3.05, 3.63) is 36.4 Å². The predicted molar refractivity (Wildman–Crippen MR) is 109 cm³/mol. The Bertz CT molecular complexity index is 1240. The number of rotatable bonds is 6. The lowest BCUT2D eigenvalue weighted by atomic mass is 10.2. The third-order valence-corrected chi connectivity index (χ3v) is 5.17. The maximum Gasteiger partial charge on any atom is 0.586 e. The number of cyclic esters (lactones) is 1. The van der Waals surface area contributed by atoms with Gasteiger partial charge in [-0.05, 0) is 38.1 Å². The van der Waals surface area contributed by atoms with Gasteiger partial charge in [0.2, 0.25) is 17.7 Å². The summed E-state index contributed by atoms with van der Waals surface area (Å²) in [6.07, 6.45) is -3.72. The van der Waals surface area contributed by atoms with Gasteiger partial charge in [-0.25, -0.2) is 9.78 Å². The van der Waals surface area contributed by atoms with E-state index >= 15 is 0 Å². The van der Waals surface area contributed by atoms with Crippen LogP contribution in [0.15, 0.2) is 35.0 Å². The molecule has 2 N–H and O–H groups in total. The van der Waals surface area contributed by atoms with Crippen LogP contribution >= 0.6 is 0 Å². The molecule has 0 spiro atoms. The van der Waals surface area contributed by atoms with Gasteiger partial charge in [-0.2, -0.15) is 9.97 Å². The Labute approximate surface area is 190 Å². The molecular weight excluding hydrogens is 458 g/mol. The molecule has 0 radical (unpaired) electrons. The van der Waals surface area contributed by atoms with Gasteiger partial charge >= 0.3 is 12.4 Å². The summed E-state index contributed by atoms with van der Waals surface area (Å²) in [7, 11) is 0. The Kier molecular flexibility index (Phi) is 5.16. The molecule has 1 amide bonds. The number of anilines is 2. The normalized spacial score (nSPS) is 20.2. The van der Waals surface area contributed by atoms with Crippen LogP contribution in [-0.2, 0) is 4.74 Å². The maximum absolute atomic E-state index is 13.2. The highest BCUT2D eigenvalue weighted by molar-refractivity contribution is 5.89. The number of carbonyl (C=O) groups is 1. The Morgan fingerprint density at radius 1 is 1.21 bits per heavy atom. The van der Waals surface area contributed by atoms with Gasteiger partial charge < -0.3 is 29.2 Å². The number of fused-ring (bicyclic) bond motifs is 1. The van der Waals surface area contributed by atoms with E-state index in [9.17, 15) is 18.7 Å². The van der Waals surface area contributed by atoms with Crippen LogP contribution in [0.2, 0.25) is 0 Å². The average molecular weight is 476 g/mol. The van der Waals surface area contributed by atoms with Crippen molar-refractivity contribution in [3.63, 3.8) is 0 Å². The van der Waals surface area contributed by atoms with E-state index in [-0.39, 0.29) is 41.6 Å². The number of alkyl halides is 2. The molecule has 34 heavy (non-hydrogen) atoms.